The number of nitrogens with two attached hydrogens (primary N) is 1. The third-order valence-electron chi connectivity index (χ3n) is 1.51. The van der Waals surface area contributed by atoms with Crippen LogP contribution in [-0.2, 0) is 0 Å². The van der Waals surface area contributed by atoms with Crippen molar-refractivity contribution in [3.05, 3.63) is 25.7 Å². The van der Waals surface area contributed by atoms with Crippen LogP contribution >= 0.6 is 46.4 Å². The molecule has 3 nitrogen and oxygen atoms in total. The molecule has 0 radical (unpaired) electrons. The molecule has 0 unspecified atom stereocenters. The summed E-state index contributed by atoms with van der Waals surface area (Å²) in [5.41, 5.74) is 4.66. The summed E-state index contributed by atoms with van der Waals surface area (Å²) in [5, 5.41) is 9.95. The van der Waals surface area contributed by atoms with Gasteiger partial charge in [-0.15, -0.1) is 0 Å². The van der Waals surface area contributed by atoms with E-state index in [-0.39, 0.29) is 25.8 Å². The fourth-order valence-corrected chi connectivity index (χ4v) is 1.79. The van der Waals surface area contributed by atoms with E-state index in [0.29, 0.717) is 0 Å². The average molecular weight is 274 g/mol. The van der Waals surface area contributed by atoms with E-state index in [9.17, 15) is 9.90 Å². The number of anilines is 1. The molecule has 2 N–H and O–H groups in total. The van der Waals surface area contributed by atoms with E-state index in [0.717, 1.165) is 0 Å². The van der Waals surface area contributed by atoms with Crippen molar-refractivity contribution in [1.82, 2.24) is 0 Å². The van der Waals surface area contributed by atoms with Gasteiger partial charge in [0.1, 0.15) is 0 Å². The van der Waals surface area contributed by atoms with Crippen LogP contribution in [0.4, 0.5) is 5.69 Å². The minimum absolute atomic E-state index is 0.0826. The van der Waals surface area contributed by atoms with Gasteiger partial charge in [-0.3, -0.25) is 0 Å². The van der Waals surface area contributed by atoms with Crippen molar-refractivity contribution in [2.75, 3.05) is 5.73 Å². The maximum atomic E-state index is 10.6. The molecule has 0 saturated heterocycles. The van der Waals surface area contributed by atoms with Crippen LogP contribution in [0.2, 0.25) is 20.1 Å². The molecule has 0 bridgehead atoms. The molecular formula is C7H2Cl4NO2-. The third-order valence-corrected chi connectivity index (χ3v) is 3.32. The zero-order valence-corrected chi connectivity index (χ0v) is 9.43. The molecule has 0 heterocycles. The van der Waals surface area contributed by atoms with Gasteiger partial charge in [0.2, 0.25) is 0 Å². The summed E-state index contributed by atoms with van der Waals surface area (Å²) in [6, 6.07) is 0. The molecule has 0 aromatic heterocycles. The second-order valence-electron chi connectivity index (χ2n) is 2.33. The molecule has 14 heavy (non-hydrogen) atoms. The normalized spacial score (nSPS) is 10.3. The Morgan fingerprint density at radius 3 is 1.86 bits per heavy atom. The second-order valence-corrected chi connectivity index (χ2v) is 3.84. The van der Waals surface area contributed by atoms with Crippen LogP contribution in [0, 0.1) is 0 Å². The second kappa shape index (κ2) is 4.03. The first-order chi connectivity index (χ1) is 6.37. The number of carboxylic acid groups (broad SMARTS) is 1. The summed E-state index contributed by atoms with van der Waals surface area (Å²) in [4.78, 5) is 10.6. The number of carbonyl (C=O) groups excluding carboxylic acids is 1. The van der Waals surface area contributed by atoms with Crippen LogP contribution in [0.5, 0.6) is 0 Å². The number of nitrogen functional groups attached to an aromatic ring is 1. The standard InChI is InChI=1S/C7H3Cl4NO2/c8-2-1(7(13)14)6(12)5(11)4(10)3(2)9/h12H2,(H,13,14)/p-1. The Morgan fingerprint density at radius 1 is 1.00 bits per heavy atom. The largest absolute Gasteiger partial charge is 0.545 e. The van der Waals surface area contributed by atoms with Crippen LogP contribution < -0.4 is 10.8 Å². The van der Waals surface area contributed by atoms with Crippen molar-refractivity contribution in [3.63, 3.8) is 0 Å². The van der Waals surface area contributed by atoms with Crippen molar-refractivity contribution < 1.29 is 9.90 Å². The molecule has 0 atom stereocenters. The maximum Gasteiger partial charge on any atom is 0.0844 e. The molecule has 0 aliphatic rings. The van der Waals surface area contributed by atoms with Gasteiger partial charge in [-0.05, 0) is 0 Å². The summed E-state index contributed by atoms with van der Waals surface area (Å²) in [6.45, 7) is 0. The number of carboxylic acids is 1. The summed E-state index contributed by atoms with van der Waals surface area (Å²) in [6.07, 6.45) is 0. The molecule has 0 saturated carbocycles. The number of hydrogen-bond acceptors (Lipinski definition) is 3. The highest BCUT2D eigenvalue weighted by Gasteiger charge is 2.18. The van der Waals surface area contributed by atoms with Gasteiger partial charge in [0.15, 0.2) is 0 Å². The Morgan fingerprint density at radius 2 is 1.43 bits per heavy atom. The van der Waals surface area contributed by atoms with Crippen LogP contribution in [0.25, 0.3) is 0 Å². The number of halogens is 4. The monoisotopic (exact) mass is 272 g/mol. The van der Waals surface area contributed by atoms with Gasteiger partial charge in [0, 0.05) is 5.56 Å². The third kappa shape index (κ3) is 1.73. The zero-order valence-electron chi connectivity index (χ0n) is 6.41. The van der Waals surface area contributed by atoms with Crippen molar-refractivity contribution in [2.45, 2.75) is 0 Å². The summed E-state index contributed by atoms with van der Waals surface area (Å²) in [5.74, 6) is -1.56. The van der Waals surface area contributed by atoms with Crippen molar-refractivity contribution >= 4 is 58.1 Å². The van der Waals surface area contributed by atoms with Crippen LogP contribution in [0.15, 0.2) is 0 Å². The lowest BCUT2D eigenvalue weighted by Gasteiger charge is -2.13. The zero-order chi connectivity index (χ0) is 11.0. The Labute approximate surface area is 99.3 Å². The van der Waals surface area contributed by atoms with E-state index in [4.69, 9.17) is 52.1 Å². The summed E-state index contributed by atoms with van der Waals surface area (Å²) in [7, 11) is 0. The number of hydrogen-bond donors (Lipinski definition) is 1. The molecule has 1 aromatic carbocycles. The average Bonchev–Trinajstić information content (AvgIpc) is 2.11. The molecule has 76 valence electrons. The lowest BCUT2D eigenvalue weighted by Crippen LogP contribution is -2.24. The maximum absolute atomic E-state index is 10.6. The van der Waals surface area contributed by atoms with E-state index < -0.39 is 11.5 Å². The number of aromatic carboxylic acids is 1. The smallest absolute Gasteiger partial charge is 0.0844 e. The predicted molar refractivity (Wildman–Crippen MR) is 55.2 cm³/mol. The lowest BCUT2D eigenvalue weighted by molar-refractivity contribution is -0.254. The van der Waals surface area contributed by atoms with E-state index >= 15 is 0 Å². The first kappa shape index (κ1) is 11.7. The molecule has 7 heteroatoms. The SMILES string of the molecule is Nc1c(Cl)c(Cl)c(Cl)c(Cl)c1C(=O)[O-]. The van der Waals surface area contributed by atoms with Crippen molar-refractivity contribution in [1.29, 1.82) is 0 Å². The fraction of sp³-hybridized carbons (Fsp3) is 0. The fourth-order valence-electron chi connectivity index (χ4n) is 0.848. The molecule has 0 spiro atoms. The van der Waals surface area contributed by atoms with Crippen molar-refractivity contribution in [2.24, 2.45) is 0 Å². The van der Waals surface area contributed by atoms with Gasteiger partial charge < -0.3 is 15.6 Å². The van der Waals surface area contributed by atoms with Crippen LogP contribution in [-0.4, -0.2) is 5.97 Å². The first-order valence-electron chi connectivity index (χ1n) is 3.20. The Hall–Kier alpha value is -0.350. The molecule has 1 aromatic rings. The number of carbonyl (C=O) groups is 1. The quantitative estimate of drug-likeness (QED) is 0.485. The Kier molecular flexibility index (Phi) is 3.37. The molecule has 0 fully saturated rings. The first-order valence-corrected chi connectivity index (χ1v) is 4.71. The lowest BCUT2D eigenvalue weighted by atomic mass is 10.2. The predicted octanol–water partition coefficient (Wildman–Crippen LogP) is 2.25. The van der Waals surface area contributed by atoms with E-state index in [1.807, 2.05) is 0 Å². The van der Waals surface area contributed by atoms with Crippen LogP contribution in [0.1, 0.15) is 10.4 Å². The van der Waals surface area contributed by atoms with Gasteiger partial charge in [-0.2, -0.15) is 0 Å². The van der Waals surface area contributed by atoms with Gasteiger partial charge >= 0.3 is 0 Å². The summed E-state index contributed by atoms with van der Waals surface area (Å²) >= 11 is 22.4. The number of rotatable bonds is 1. The van der Waals surface area contributed by atoms with Gasteiger partial charge in [-0.1, -0.05) is 46.4 Å². The van der Waals surface area contributed by atoms with E-state index in [1.54, 1.807) is 0 Å². The van der Waals surface area contributed by atoms with Gasteiger partial charge in [0.25, 0.3) is 0 Å². The van der Waals surface area contributed by atoms with Crippen molar-refractivity contribution in [3.8, 4) is 0 Å². The minimum atomic E-state index is -1.56. The Balaban J connectivity index is 3.68. The minimum Gasteiger partial charge on any atom is -0.545 e. The molecular weight excluding hydrogens is 272 g/mol. The molecule has 1 rings (SSSR count). The summed E-state index contributed by atoms with van der Waals surface area (Å²) < 4.78 is 0. The highest BCUT2D eigenvalue weighted by Crippen LogP contribution is 2.42. The highest BCUT2D eigenvalue weighted by molar-refractivity contribution is 6.53. The Bertz CT molecular complexity index is 390. The van der Waals surface area contributed by atoms with Gasteiger partial charge in [0.05, 0.1) is 31.7 Å². The molecule has 0 aliphatic heterocycles. The highest BCUT2D eigenvalue weighted by atomic mass is 35.5. The van der Waals surface area contributed by atoms with E-state index in [2.05, 4.69) is 0 Å². The van der Waals surface area contributed by atoms with Gasteiger partial charge in [-0.25, -0.2) is 0 Å². The topological polar surface area (TPSA) is 66.2 Å². The molecule has 0 aliphatic carbocycles. The number of benzene rings is 1. The van der Waals surface area contributed by atoms with E-state index in [1.165, 1.54) is 0 Å². The molecule has 0 amide bonds. The van der Waals surface area contributed by atoms with Crippen LogP contribution in [0.3, 0.4) is 0 Å².